The van der Waals surface area contributed by atoms with Crippen molar-refractivity contribution in [2.45, 2.75) is 19.9 Å². The van der Waals surface area contributed by atoms with Gasteiger partial charge in [0.25, 0.3) is 6.43 Å². The number of alkyl halides is 2. The Morgan fingerprint density at radius 2 is 1.97 bits per heavy atom. The first kappa shape index (κ1) is 21.8. The minimum atomic E-state index is -2.88. The van der Waals surface area contributed by atoms with E-state index in [1.165, 1.54) is 12.1 Å². The van der Waals surface area contributed by atoms with Crippen molar-refractivity contribution in [2.24, 2.45) is 0 Å². The third-order valence-electron chi connectivity index (χ3n) is 5.16. The zero-order valence-corrected chi connectivity index (χ0v) is 18.4. The maximum absolute atomic E-state index is 14.4. The molecule has 3 aromatic rings. The highest BCUT2D eigenvalue weighted by atomic mass is 35.5. The van der Waals surface area contributed by atoms with Gasteiger partial charge in [-0.1, -0.05) is 35.7 Å². The largest absolute Gasteiger partial charge is 0.367 e. The Morgan fingerprint density at radius 3 is 2.68 bits per heavy atom. The van der Waals surface area contributed by atoms with Gasteiger partial charge in [0.1, 0.15) is 17.5 Å². The molecule has 1 aromatic carbocycles. The standard InChI is InChI=1S/C21H21ClF3N5S/c1-12-27-20(26-11-13-4-3-5-14(17(13)23)19(24)25)15-10-16(18(22)29-21(15)28-12)30-6-8-31(2)9-7-30/h3-5,10,19H,2,6-9,11H2,1H3,(H,26,27,28,29). The van der Waals surface area contributed by atoms with E-state index in [1.807, 2.05) is 6.07 Å². The van der Waals surface area contributed by atoms with Gasteiger partial charge in [-0.15, -0.1) is 0 Å². The first-order valence-electron chi connectivity index (χ1n) is 9.70. The van der Waals surface area contributed by atoms with Crippen molar-refractivity contribution in [1.29, 1.82) is 0 Å². The number of pyridine rings is 1. The van der Waals surface area contributed by atoms with Crippen LogP contribution in [0.5, 0.6) is 0 Å². The monoisotopic (exact) mass is 467 g/mol. The van der Waals surface area contributed by atoms with Crippen molar-refractivity contribution in [3.8, 4) is 0 Å². The Balaban J connectivity index is 1.68. The van der Waals surface area contributed by atoms with Crippen LogP contribution < -0.4 is 10.2 Å². The number of hydrogen-bond acceptors (Lipinski definition) is 5. The molecule has 1 aliphatic heterocycles. The van der Waals surface area contributed by atoms with Gasteiger partial charge in [-0.05, 0) is 13.0 Å². The summed E-state index contributed by atoms with van der Waals surface area (Å²) in [5.41, 5.74) is 0.711. The van der Waals surface area contributed by atoms with Crippen LogP contribution in [0.2, 0.25) is 5.15 Å². The van der Waals surface area contributed by atoms with Gasteiger partial charge in [-0.3, -0.25) is 0 Å². The second kappa shape index (κ2) is 9.00. The van der Waals surface area contributed by atoms with E-state index in [2.05, 4.69) is 31.0 Å². The highest BCUT2D eigenvalue weighted by molar-refractivity contribution is 8.14. The van der Waals surface area contributed by atoms with Crippen LogP contribution in [-0.2, 0) is 6.54 Å². The van der Waals surface area contributed by atoms with Crippen LogP contribution in [0.1, 0.15) is 23.4 Å². The number of aryl methyl sites for hydroxylation is 1. The van der Waals surface area contributed by atoms with Gasteiger partial charge in [0.05, 0.1) is 16.6 Å². The fourth-order valence-electron chi connectivity index (χ4n) is 3.50. The van der Waals surface area contributed by atoms with Gasteiger partial charge >= 0.3 is 0 Å². The molecule has 0 bridgehead atoms. The van der Waals surface area contributed by atoms with E-state index in [4.69, 9.17) is 11.6 Å². The number of benzene rings is 1. The molecule has 4 rings (SSSR count). The maximum Gasteiger partial charge on any atom is 0.266 e. The third kappa shape index (κ3) is 4.62. The second-order valence-electron chi connectivity index (χ2n) is 7.27. The van der Waals surface area contributed by atoms with Gasteiger partial charge in [-0.25, -0.2) is 28.1 Å². The fourth-order valence-corrected chi connectivity index (χ4v) is 4.92. The lowest BCUT2D eigenvalue weighted by atomic mass is 10.1. The Kier molecular flexibility index (Phi) is 6.34. The van der Waals surface area contributed by atoms with Gasteiger partial charge < -0.3 is 10.2 Å². The van der Waals surface area contributed by atoms with Crippen molar-refractivity contribution in [3.63, 3.8) is 0 Å². The van der Waals surface area contributed by atoms with Gasteiger partial charge in [-0.2, -0.15) is 10.5 Å². The van der Waals surface area contributed by atoms with Crippen LogP contribution in [-0.4, -0.2) is 45.4 Å². The average molecular weight is 468 g/mol. The zero-order valence-electron chi connectivity index (χ0n) is 16.8. The van der Waals surface area contributed by atoms with E-state index in [1.54, 1.807) is 6.92 Å². The normalized spacial score (nSPS) is 15.1. The fraction of sp³-hybridized carbons (Fsp3) is 0.333. The quantitative estimate of drug-likeness (QED) is 0.413. The van der Waals surface area contributed by atoms with Crippen LogP contribution >= 0.6 is 22.1 Å². The number of nitrogens with zero attached hydrogens (tertiary/aromatic N) is 4. The third-order valence-corrected chi connectivity index (χ3v) is 6.96. The van der Waals surface area contributed by atoms with Crippen LogP contribution in [0, 0.1) is 12.7 Å². The predicted octanol–water partition coefficient (Wildman–Crippen LogP) is 5.20. The SMILES string of the molecule is C=S1CCN(c2cc3c(NCc4cccc(C(F)F)c4F)nc(C)nc3nc2Cl)CC1. The summed E-state index contributed by atoms with van der Waals surface area (Å²) in [6, 6.07) is 5.85. The molecule has 0 spiro atoms. The van der Waals surface area contributed by atoms with Crippen LogP contribution in [0.3, 0.4) is 0 Å². The molecule has 164 valence electrons. The number of anilines is 2. The summed E-state index contributed by atoms with van der Waals surface area (Å²) in [6.07, 6.45) is -2.88. The van der Waals surface area contributed by atoms with E-state index >= 15 is 0 Å². The Hall–Kier alpha value is -2.39. The zero-order chi connectivity index (χ0) is 22.1. The minimum Gasteiger partial charge on any atom is -0.367 e. The Bertz CT molecular complexity index is 1150. The molecule has 10 heteroatoms. The molecule has 0 radical (unpaired) electrons. The first-order chi connectivity index (χ1) is 14.8. The topological polar surface area (TPSA) is 53.9 Å². The number of halogens is 4. The molecule has 1 aliphatic rings. The lowest BCUT2D eigenvalue weighted by molar-refractivity contribution is 0.146. The highest BCUT2D eigenvalue weighted by Gasteiger charge is 2.20. The lowest BCUT2D eigenvalue weighted by Crippen LogP contribution is -2.33. The van der Waals surface area contributed by atoms with Crippen LogP contribution in [0.15, 0.2) is 24.3 Å². The van der Waals surface area contributed by atoms with Crippen molar-refractivity contribution in [2.75, 3.05) is 34.8 Å². The van der Waals surface area contributed by atoms with E-state index in [0.717, 1.165) is 36.3 Å². The number of aromatic nitrogens is 3. The van der Waals surface area contributed by atoms with Gasteiger partial charge in [0.15, 0.2) is 10.8 Å². The van der Waals surface area contributed by atoms with E-state index in [9.17, 15) is 13.2 Å². The summed E-state index contributed by atoms with van der Waals surface area (Å²) in [7, 11) is 0.161. The molecule has 0 atom stereocenters. The summed E-state index contributed by atoms with van der Waals surface area (Å²) in [5.74, 6) is 6.12. The molecule has 0 saturated carbocycles. The second-order valence-corrected chi connectivity index (χ2v) is 9.67. The van der Waals surface area contributed by atoms with Gasteiger partial charge in [0, 0.05) is 36.7 Å². The average Bonchev–Trinajstić information content (AvgIpc) is 2.72. The van der Waals surface area contributed by atoms with Crippen LogP contribution in [0.25, 0.3) is 11.0 Å². The molecule has 1 saturated heterocycles. The van der Waals surface area contributed by atoms with Crippen molar-refractivity contribution in [3.05, 3.63) is 52.2 Å². The molecular formula is C21H21ClF3N5S. The van der Waals surface area contributed by atoms with Crippen LogP contribution in [0.4, 0.5) is 24.7 Å². The summed E-state index contributed by atoms with van der Waals surface area (Å²) < 4.78 is 40.4. The summed E-state index contributed by atoms with van der Waals surface area (Å²) >= 11 is 6.45. The minimum absolute atomic E-state index is 0.01000. The molecule has 0 amide bonds. The van der Waals surface area contributed by atoms with E-state index in [-0.39, 0.29) is 22.6 Å². The molecular weight excluding hydrogens is 447 g/mol. The highest BCUT2D eigenvalue weighted by Crippen LogP contribution is 2.33. The molecule has 31 heavy (non-hydrogen) atoms. The number of hydrogen-bond donors (Lipinski definition) is 1. The number of rotatable bonds is 5. The summed E-state index contributed by atoms with van der Waals surface area (Å²) in [5, 5.41) is 4.06. The summed E-state index contributed by atoms with van der Waals surface area (Å²) in [4.78, 5) is 15.4. The lowest BCUT2D eigenvalue weighted by Gasteiger charge is -2.31. The number of fused-ring (bicyclic) bond motifs is 1. The molecule has 1 N–H and O–H groups in total. The Morgan fingerprint density at radius 1 is 1.23 bits per heavy atom. The van der Waals surface area contributed by atoms with Crippen molar-refractivity contribution >= 4 is 50.5 Å². The van der Waals surface area contributed by atoms with Crippen molar-refractivity contribution < 1.29 is 13.2 Å². The Labute approximate surface area is 185 Å². The molecule has 0 unspecified atom stereocenters. The first-order valence-corrected chi connectivity index (χ1v) is 11.8. The van der Waals surface area contributed by atoms with E-state index < -0.39 is 17.8 Å². The number of nitrogens with one attached hydrogen (secondary N) is 1. The van der Waals surface area contributed by atoms with Crippen molar-refractivity contribution in [1.82, 2.24) is 15.0 Å². The molecule has 0 aliphatic carbocycles. The predicted molar refractivity (Wildman–Crippen MR) is 122 cm³/mol. The molecule has 1 fully saturated rings. The molecule has 2 aromatic heterocycles. The van der Waals surface area contributed by atoms with Gasteiger partial charge in [0.2, 0.25) is 0 Å². The summed E-state index contributed by atoms with van der Waals surface area (Å²) in [6.45, 7) is 3.37. The molecule has 3 heterocycles. The smallest absolute Gasteiger partial charge is 0.266 e. The molecule has 5 nitrogen and oxygen atoms in total. The van der Waals surface area contributed by atoms with E-state index in [0.29, 0.717) is 27.8 Å². The maximum atomic E-state index is 14.4.